The fourth-order valence-electron chi connectivity index (χ4n) is 2.54. The van der Waals surface area contributed by atoms with Crippen LogP contribution in [-0.4, -0.2) is 26.4 Å². The number of aromatic nitrogens is 3. The maximum absolute atomic E-state index is 12.3. The van der Waals surface area contributed by atoms with Crippen LogP contribution in [0, 0.1) is 13.8 Å². The van der Waals surface area contributed by atoms with Crippen molar-refractivity contribution in [3.8, 4) is 11.4 Å². The van der Waals surface area contributed by atoms with E-state index in [1.165, 1.54) is 11.8 Å². The summed E-state index contributed by atoms with van der Waals surface area (Å²) in [5.74, 6) is 1.58. The van der Waals surface area contributed by atoms with E-state index in [-0.39, 0.29) is 11.7 Å². The fraction of sp³-hybridized carbons (Fsp3) is 0.211. The van der Waals surface area contributed by atoms with Crippen LogP contribution in [-0.2, 0) is 11.3 Å². The molecule has 3 aromatic rings. The van der Waals surface area contributed by atoms with E-state index in [1.807, 2.05) is 42.7 Å². The number of amides is 1. The predicted molar refractivity (Wildman–Crippen MR) is 111 cm³/mol. The molecule has 0 radical (unpaired) electrons. The van der Waals surface area contributed by atoms with Crippen molar-refractivity contribution in [3.05, 3.63) is 59.0 Å². The molecular weight excluding hydrogens is 428 g/mol. The minimum Gasteiger partial charge on any atom is -0.469 e. The van der Waals surface area contributed by atoms with Gasteiger partial charge in [0.15, 0.2) is 11.0 Å². The number of anilines is 1. The zero-order chi connectivity index (χ0) is 19.4. The first kappa shape index (κ1) is 19.4. The van der Waals surface area contributed by atoms with Gasteiger partial charge in [0.05, 0.1) is 23.3 Å². The van der Waals surface area contributed by atoms with Gasteiger partial charge in [-0.3, -0.25) is 9.36 Å². The second kappa shape index (κ2) is 8.58. The Labute approximate surface area is 170 Å². The van der Waals surface area contributed by atoms with Gasteiger partial charge in [-0.25, -0.2) is 0 Å². The number of benzene rings is 1. The van der Waals surface area contributed by atoms with Gasteiger partial charge >= 0.3 is 0 Å². The quantitative estimate of drug-likeness (QED) is 0.415. The molecule has 0 saturated heterocycles. The lowest BCUT2D eigenvalue weighted by Crippen LogP contribution is -2.15. The largest absolute Gasteiger partial charge is 0.469 e. The lowest BCUT2D eigenvalue weighted by molar-refractivity contribution is -0.113. The Morgan fingerprint density at radius 3 is 2.85 bits per heavy atom. The molecule has 0 aliphatic carbocycles. The summed E-state index contributed by atoms with van der Waals surface area (Å²) in [6.45, 7) is 8.21. The molecule has 0 unspecified atom stereocenters. The fourth-order valence-corrected chi connectivity index (χ4v) is 3.88. The van der Waals surface area contributed by atoms with E-state index in [1.54, 1.807) is 12.3 Å². The van der Waals surface area contributed by atoms with E-state index in [0.717, 1.165) is 27.0 Å². The summed E-state index contributed by atoms with van der Waals surface area (Å²) in [5, 5.41) is 12.1. The summed E-state index contributed by atoms with van der Waals surface area (Å²) in [4.78, 5) is 12.3. The number of furan rings is 1. The minimum atomic E-state index is -0.112. The lowest BCUT2D eigenvalue weighted by atomic mass is 10.2. The first-order chi connectivity index (χ1) is 13.0. The van der Waals surface area contributed by atoms with Crippen molar-refractivity contribution in [2.75, 3.05) is 11.1 Å². The summed E-state index contributed by atoms with van der Waals surface area (Å²) in [7, 11) is 0. The zero-order valence-corrected chi connectivity index (χ0v) is 17.4. The van der Waals surface area contributed by atoms with Crippen molar-refractivity contribution in [1.82, 2.24) is 14.8 Å². The van der Waals surface area contributed by atoms with Crippen LogP contribution >= 0.6 is 27.7 Å². The van der Waals surface area contributed by atoms with E-state index in [9.17, 15) is 4.79 Å². The molecule has 0 aliphatic rings. The first-order valence-electron chi connectivity index (χ1n) is 8.27. The smallest absolute Gasteiger partial charge is 0.234 e. The van der Waals surface area contributed by atoms with Crippen LogP contribution in [0.15, 0.2) is 57.2 Å². The highest BCUT2D eigenvalue weighted by Crippen LogP contribution is 2.28. The highest BCUT2D eigenvalue weighted by Gasteiger charge is 2.17. The third-order valence-corrected chi connectivity index (χ3v) is 5.48. The number of aryl methyl sites for hydroxylation is 2. The molecule has 2 aromatic heterocycles. The molecule has 0 fully saturated rings. The molecule has 1 aromatic carbocycles. The number of carbonyl (C=O) groups is 1. The Morgan fingerprint density at radius 1 is 1.37 bits per heavy atom. The summed E-state index contributed by atoms with van der Waals surface area (Å²) in [6, 6.07) is 7.65. The van der Waals surface area contributed by atoms with Crippen molar-refractivity contribution in [2.45, 2.75) is 25.5 Å². The molecule has 0 aliphatic heterocycles. The number of hydrogen-bond donors (Lipinski definition) is 1. The standard InChI is InChI=1S/C19H19BrN4O2S/c1-4-8-24-18(14-7-9-26-13(14)3)22-23-19(24)27-11-17(25)21-16-6-5-12(2)10-15(16)20/h4-7,9-10H,1,8,11H2,2-3H3,(H,21,25). The van der Waals surface area contributed by atoms with Crippen molar-refractivity contribution < 1.29 is 9.21 Å². The molecule has 1 amide bonds. The van der Waals surface area contributed by atoms with E-state index in [2.05, 4.69) is 38.0 Å². The molecule has 0 saturated carbocycles. The topological polar surface area (TPSA) is 73.0 Å². The van der Waals surface area contributed by atoms with Crippen LogP contribution in [0.3, 0.4) is 0 Å². The number of allylic oxidation sites excluding steroid dienone is 1. The van der Waals surface area contributed by atoms with Gasteiger partial charge in [-0.2, -0.15) is 0 Å². The molecule has 0 atom stereocenters. The molecule has 8 heteroatoms. The molecular formula is C19H19BrN4O2S. The summed E-state index contributed by atoms with van der Waals surface area (Å²) in [5.41, 5.74) is 2.74. The van der Waals surface area contributed by atoms with Gasteiger partial charge in [0, 0.05) is 11.0 Å². The zero-order valence-electron chi connectivity index (χ0n) is 15.0. The van der Waals surface area contributed by atoms with Crippen molar-refractivity contribution in [3.63, 3.8) is 0 Å². The maximum Gasteiger partial charge on any atom is 0.234 e. The van der Waals surface area contributed by atoms with Gasteiger partial charge in [0.1, 0.15) is 5.76 Å². The Morgan fingerprint density at radius 2 is 2.19 bits per heavy atom. The maximum atomic E-state index is 12.3. The predicted octanol–water partition coefficient (Wildman–Crippen LogP) is 4.83. The molecule has 3 rings (SSSR count). The van der Waals surface area contributed by atoms with E-state index in [0.29, 0.717) is 17.5 Å². The number of thioether (sulfide) groups is 1. The van der Waals surface area contributed by atoms with Gasteiger partial charge in [-0.15, -0.1) is 16.8 Å². The number of nitrogens with one attached hydrogen (secondary N) is 1. The third-order valence-electron chi connectivity index (χ3n) is 3.86. The number of halogens is 1. The van der Waals surface area contributed by atoms with Crippen LogP contribution in [0.2, 0.25) is 0 Å². The van der Waals surface area contributed by atoms with Gasteiger partial charge < -0.3 is 9.73 Å². The highest BCUT2D eigenvalue weighted by atomic mass is 79.9. The Kier molecular flexibility index (Phi) is 6.18. The minimum absolute atomic E-state index is 0.112. The van der Waals surface area contributed by atoms with Gasteiger partial charge in [-0.1, -0.05) is 23.9 Å². The lowest BCUT2D eigenvalue weighted by Gasteiger charge is -2.09. The molecule has 1 N–H and O–H groups in total. The van der Waals surface area contributed by atoms with Gasteiger partial charge in [-0.05, 0) is 53.5 Å². The number of rotatable bonds is 7. The van der Waals surface area contributed by atoms with Gasteiger partial charge in [0.25, 0.3) is 0 Å². The van der Waals surface area contributed by atoms with E-state index < -0.39 is 0 Å². The SMILES string of the molecule is C=CCn1c(SCC(=O)Nc2ccc(C)cc2Br)nnc1-c1ccoc1C. The van der Waals surface area contributed by atoms with Crippen LogP contribution in [0.4, 0.5) is 5.69 Å². The monoisotopic (exact) mass is 446 g/mol. The van der Waals surface area contributed by atoms with Gasteiger partial charge in [0.2, 0.25) is 5.91 Å². The molecule has 6 nitrogen and oxygen atoms in total. The van der Waals surface area contributed by atoms with Crippen molar-refractivity contribution in [2.24, 2.45) is 0 Å². The molecule has 2 heterocycles. The van der Waals surface area contributed by atoms with E-state index >= 15 is 0 Å². The third kappa shape index (κ3) is 4.51. The Bertz CT molecular complexity index is 980. The van der Waals surface area contributed by atoms with Crippen molar-refractivity contribution in [1.29, 1.82) is 0 Å². The molecule has 0 bridgehead atoms. The number of nitrogens with zero attached hydrogens (tertiary/aromatic N) is 3. The highest BCUT2D eigenvalue weighted by molar-refractivity contribution is 9.10. The second-order valence-electron chi connectivity index (χ2n) is 5.92. The Hall–Kier alpha value is -2.32. The molecule has 27 heavy (non-hydrogen) atoms. The second-order valence-corrected chi connectivity index (χ2v) is 7.71. The van der Waals surface area contributed by atoms with Crippen LogP contribution in [0.5, 0.6) is 0 Å². The van der Waals surface area contributed by atoms with E-state index in [4.69, 9.17) is 4.42 Å². The Balaban J connectivity index is 1.72. The summed E-state index contributed by atoms with van der Waals surface area (Å²) >= 11 is 4.80. The normalized spacial score (nSPS) is 10.8. The van der Waals surface area contributed by atoms with Crippen LogP contribution < -0.4 is 5.32 Å². The molecule has 140 valence electrons. The average Bonchev–Trinajstić information content (AvgIpc) is 3.22. The van der Waals surface area contributed by atoms with Crippen molar-refractivity contribution >= 4 is 39.3 Å². The summed E-state index contributed by atoms with van der Waals surface area (Å²) in [6.07, 6.45) is 3.40. The summed E-state index contributed by atoms with van der Waals surface area (Å²) < 4.78 is 8.14. The first-order valence-corrected chi connectivity index (χ1v) is 10.0. The van der Waals surface area contributed by atoms with Crippen LogP contribution in [0.1, 0.15) is 11.3 Å². The van der Waals surface area contributed by atoms with Crippen LogP contribution in [0.25, 0.3) is 11.4 Å². The molecule has 0 spiro atoms. The average molecular weight is 447 g/mol. The number of carbonyl (C=O) groups excluding carboxylic acids is 1. The number of hydrogen-bond acceptors (Lipinski definition) is 5.